The topological polar surface area (TPSA) is 58.4 Å². The molecule has 4 heteroatoms. The molecule has 2 atom stereocenters. The lowest BCUT2D eigenvalue weighted by Crippen LogP contribution is -2.51. The highest BCUT2D eigenvalue weighted by Gasteiger charge is 2.30. The van der Waals surface area contributed by atoms with Crippen LogP contribution in [-0.4, -0.2) is 42.0 Å². The molecule has 1 aliphatic heterocycles. The highest BCUT2D eigenvalue weighted by molar-refractivity contribution is 5.82. The molecule has 0 spiro atoms. The molecule has 0 saturated carbocycles. The number of hydrogen-bond acceptors (Lipinski definition) is 3. The van der Waals surface area contributed by atoms with Crippen molar-refractivity contribution in [2.45, 2.75) is 52.1 Å². The molecule has 0 bridgehead atoms. The molecule has 0 aromatic rings. The van der Waals surface area contributed by atoms with E-state index >= 15 is 0 Å². The Labute approximate surface area is 105 Å². The Balaban J connectivity index is 2.47. The van der Waals surface area contributed by atoms with Gasteiger partial charge in [0, 0.05) is 12.1 Å². The first-order valence-electron chi connectivity index (χ1n) is 6.65. The zero-order chi connectivity index (χ0) is 13.1. The van der Waals surface area contributed by atoms with Gasteiger partial charge in [-0.25, -0.2) is 0 Å². The SMILES string of the molecule is CCC(C)(C)NC(=O)C(C)N1CCC(CN)C1. The van der Waals surface area contributed by atoms with Gasteiger partial charge >= 0.3 is 0 Å². The summed E-state index contributed by atoms with van der Waals surface area (Å²) in [4.78, 5) is 14.4. The van der Waals surface area contributed by atoms with Gasteiger partial charge in [-0.15, -0.1) is 0 Å². The lowest BCUT2D eigenvalue weighted by atomic mass is 10.0. The average Bonchev–Trinajstić information content (AvgIpc) is 2.76. The Kier molecular flexibility index (Phi) is 4.95. The van der Waals surface area contributed by atoms with E-state index in [4.69, 9.17) is 5.73 Å². The van der Waals surface area contributed by atoms with Crippen molar-refractivity contribution < 1.29 is 4.79 Å². The van der Waals surface area contributed by atoms with E-state index in [0.717, 1.165) is 32.5 Å². The van der Waals surface area contributed by atoms with Crippen molar-refractivity contribution >= 4 is 5.91 Å². The van der Waals surface area contributed by atoms with E-state index in [2.05, 4.69) is 31.0 Å². The maximum Gasteiger partial charge on any atom is 0.237 e. The molecule has 4 nitrogen and oxygen atoms in total. The smallest absolute Gasteiger partial charge is 0.237 e. The van der Waals surface area contributed by atoms with E-state index in [1.54, 1.807) is 0 Å². The van der Waals surface area contributed by atoms with E-state index in [0.29, 0.717) is 5.92 Å². The van der Waals surface area contributed by atoms with Crippen LogP contribution in [-0.2, 0) is 4.79 Å². The van der Waals surface area contributed by atoms with E-state index < -0.39 is 0 Å². The monoisotopic (exact) mass is 241 g/mol. The molecule has 0 aliphatic carbocycles. The van der Waals surface area contributed by atoms with Gasteiger partial charge in [-0.05, 0) is 52.6 Å². The Bertz CT molecular complexity index is 265. The standard InChI is InChI=1S/C13H27N3O/c1-5-13(3,4)15-12(17)10(2)16-7-6-11(8-14)9-16/h10-11H,5-9,14H2,1-4H3,(H,15,17). The fraction of sp³-hybridized carbons (Fsp3) is 0.923. The Morgan fingerprint density at radius 1 is 1.59 bits per heavy atom. The molecule has 0 aromatic heterocycles. The van der Waals surface area contributed by atoms with Crippen LogP contribution in [0.4, 0.5) is 0 Å². The Hall–Kier alpha value is -0.610. The summed E-state index contributed by atoms with van der Waals surface area (Å²) in [6.07, 6.45) is 2.06. The van der Waals surface area contributed by atoms with Gasteiger partial charge in [0.05, 0.1) is 6.04 Å². The number of nitrogens with one attached hydrogen (secondary N) is 1. The minimum absolute atomic E-state index is 0.0441. The number of likely N-dealkylation sites (tertiary alicyclic amines) is 1. The fourth-order valence-corrected chi connectivity index (χ4v) is 2.10. The molecule has 1 fully saturated rings. The minimum atomic E-state index is -0.113. The van der Waals surface area contributed by atoms with Crippen LogP contribution in [0, 0.1) is 5.92 Å². The molecule has 17 heavy (non-hydrogen) atoms. The van der Waals surface area contributed by atoms with Crippen LogP contribution in [0.5, 0.6) is 0 Å². The van der Waals surface area contributed by atoms with Crippen LogP contribution in [0.25, 0.3) is 0 Å². The van der Waals surface area contributed by atoms with Crippen molar-refractivity contribution in [3.05, 3.63) is 0 Å². The molecule has 3 N–H and O–H groups in total. The van der Waals surface area contributed by atoms with Gasteiger partial charge in [0.25, 0.3) is 0 Å². The second kappa shape index (κ2) is 5.83. The summed E-state index contributed by atoms with van der Waals surface area (Å²) in [5.41, 5.74) is 5.56. The molecular weight excluding hydrogens is 214 g/mol. The number of amides is 1. The fourth-order valence-electron chi connectivity index (χ4n) is 2.10. The number of carbonyl (C=O) groups excluding carboxylic acids is 1. The molecule has 1 saturated heterocycles. The third-order valence-electron chi connectivity index (χ3n) is 3.92. The first-order valence-corrected chi connectivity index (χ1v) is 6.65. The summed E-state index contributed by atoms with van der Waals surface area (Å²) in [6.45, 7) is 10.9. The first kappa shape index (κ1) is 14.5. The molecule has 0 aromatic carbocycles. The quantitative estimate of drug-likeness (QED) is 0.754. The van der Waals surface area contributed by atoms with Gasteiger partial charge in [-0.3, -0.25) is 9.69 Å². The van der Waals surface area contributed by atoms with Crippen LogP contribution in [0.15, 0.2) is 0 Å². The van der Waals surface area contributed by atoms with Crippen LogP contribution in [0.1, 0.15) is 40.5 Å². The summed E-state index contributed by atoms with van der Waals surface area (Å²) in [7, 11) is 0. The minimum Gasteiger partial charge on any atom is -0.350 e. The van der Waals surface area contributed by atoms with Crippen LogP contribution in [0.2, 0.25) is 0 Å². The van der Waals surface area contributed by atoms with Crippen molar-refractivity contribution in [3.63, 3.8) is 0 Å². The van der Waals surface area contributed by atoms with E-state index in [1.165, 1.54) is 0 Å². The van der Waals surface area contributed by atoms with Crippen molar-refractivity contribution in [3.8, 4) is 0 Å². The van der Waals surface area contributed by atoms with Crippen molar-refractivity contribution in [2.24, 2.45) is 11.7 Å². The number of nitrogens with zero attached hydrogens (tertiary/aromatic N) is 1. The Morgan fingerprint density at radius 3 is 2.71 bits per heavy atom. The molecular formula is C13H27N3O. The van der Waals surface area contributed by atoms with Gasteiger partial charge in [0.2, 0.25) is 5.91 Å². The molecule has 0 radical (unpaired) electrons. The van der Waals surface area contributed by atoms with Crippen molar-refractivity contribution in [2.75, 3.05) is 19.6 Å². The summed E-state index contributed by atoms with van der Waals surface area (Å²) >= 11 is 0. The maximum atomic E-state index is 12.1. The number of nitrogens with two attached hydrogens (primary N) is 1. The zero-order valence-electron chi connectivity index (χ0n) is 11.6. The highest BCUT2D eigenvalue weighted by atomic mass is 16.2. The number of hydrogen-bond donors (Lipinski definition) is 2. The normalized spacial score (nSPS) is 23.7. The van der Waals surface area contributed by atoms with E-state index in [-0.39, 0.29) is 17.5 Å². The number of rotatable bonds is 5. The summed E-state index contributed by atoms with van der Waals surface area (Å²) in [5, 5.41) is 3.10. The van der Waals surface area contributed by atoms with Gasteiger partial charge < -0.3 is 11.1 Å². The molecule has 2 unspecified atom stereocenters. The van der Waals surface area contributed by atoms with Crippen molar-refractivity contribution in [1.29, 1.82) is 0 Å². The van der Waals surface area contributed by atoms with Crippen LogP contribution in [0.3, 0.4) is 0 Å². The summed E-state index contributed by atoms with van der Waals surface area (Å²) in [5.74, 6) is 0.693. The van der Waals surface area contributed by atoms with Gasteiger partial charge in [-0.2, -0.15) is 0 Å². The lowest BCUT2D eigenvalue weighted by Gasteiger charge is -2.30. The first-order chi connectivity index (χ1) is 7.89. The van der Waals surface area contributed by atoms with Gasteiger partial charge in [0.1, 0.15) is 0 Å². The largest absolute Gasteiger partial charge is 0.350 e. The third-order valence-corrected chi connectivity index (χ3v) is 3.92. The molecule has 100 valence electrons. The summed E-state index contributed by atoms with van der Waals surface area (Å²) in [6, 6.07) is -0.0441. The second-order valence-corrected chi connectivity index (χ2v) is 5.79. The molecule has 1 aliphatic rings. The summed E-state index contributed by atoms with van der Waals surface area (Å²) < 4.78 is 0. The van der Waals surface area contributed by atoms with Gasteiger partial charge in [0.15, 0.2) is 0 Å². The lowest BCUT2D eigenvalue weighted by molar-refractivity contribution is -0.127. The highest BCUT2D eigenvalue weighted by Crippen LogP contribution is 2.18. The second-order valence-electron chi connectivity index (χ2n) is 5.79. The predicted molar refractivity (Wildman–Crippen MR) is 70.7 cm³/mol. The zero-order valence-corrected chi connectivity index (χ0v) is 11.6. The van der Waals surface area contributed by atoms with Crippen LogP contribution < -0.4 is 11.1 Å². The maximum absolute atomic E-state index is 12.1. The number of carbonyl (C=O) groups is 1. The molecule has 1 heterocycles. The molecule has 1 rings (SSSR count). The van der Waals surface area contributed by atoms with Gasteiger partial charge in [-0.1, -0.05) is 6.92 Å². The molecule has 1 amide bonds. The van der Waals surface area contributed by atoms with Crippen LogP contribution >= 0.6 is 0 Å². The third kappa shape index (κ3) is 3.96. The Morgan fingerprint density at radius 2 is 2.24 bits per heavy atom. The average molecular weight is 241 g/mol. The van der Waals surface area contributed by atoms with E-state index in [9.17, 15) is 4.79 Å². The van der Waals surface area contributed by atoms with E-state index in [1.807, 2.05) is 6.92 Å². The van der Waals surface area contributed by atoms with Crippen molar-refractivity contribution in [1.82, 2.24) is 10.2 Å². The predicted octanol–water partition coefficient (Wildman–Crippen LogP) is 0.960.